The van der Waals surface area contributed by atoms with E-state index in [1.807, 2.05) is 0 Å². The minimum Gasteiger partial charge on any atom is -0.462 e. The number of nitrogens with one attached hydrogen (secondary N) is 1. The number of benzene rings is 2. The van der Waals surface area contributed by atoms with E-state index in [4.69, 9.17) is 4.74 Å². The Labute approximate surface area is 198 Å². The van der Waals surface area contributed by atoms with E-state index in [0.29, 0.717) is 21.6 Å². The fourth-order valence-corrected chi connectivity index (χ4v) is 4.48. The molecule has 0 unspecified atom stereocenters. The molecule has 0 bridgehead atoms. The minimum atomic E-state index is -0.642. The van der Waals surface area contributed by atoms with E-state index in [1.165, 1.54) is 36.4 Å². The number of carbonyl (C=O) groups excluding carboxylic acids is 4. The van der Waals surface area contributed by atoms with Crippen molar-refractivity contribution in [3.63, 3.8) is 0 Å². The van der Waals surface area contributed by atoms with Gasteiger partial charge in [0.05, 0.1) is 29.8 Å². The zero-order chi connectivity index (χ0) is 24.2. The molecule has 1 aromatic heterocycles. The molecule has 0 atom stereocenters. The van der Waals surface area contributed by atoms with Crippen molar-refractivity contribution < 1.29 is 28.3 Å². The summed E-state index contributed by atoms with van der Waals surface area (Å²) in [5.74, 6) is -2.45. The first-order chi connectivity index (χ1) is 16.4. The quantitative estimate of drug-likeness (QED) is 0.306. The lowest BCUT2D eigenvalue weighted by molar-refractivity contribution is -0.111. The maximum atomic E-state index is 13.3. The van der Waals surface area contributed by atoms with Crippen molar-refractivity contribution in [1.29, 1.82) is 0 Å². The summed E-state index contributed by atoms with van der Waals surface area (Å²) in [5, 5.41) is 2.85. The Morgan fingerprint density at radius 2 is 1.76 bits per heavy atom. The van der Waals surface area contributed by atoms with Crippen molar-refractivity contribution in [1.82, 2.24) is 4.90 Å². The molecule has 0 aliphatic carbocycles. The first-order valence-electron chi connectivity index (χ1n) is 10.4. The molecule has 0 saturated carbocycles. The van der Waals surface area contributed by atoms with Crippen LogP contribution < -0.4 is 5.32 Å². The van der Waals surface area contributed by atoms with Crippen LogP contribution in [0.3, 0.4) is 0 Å². The molecule has 9 heteroatoms. The van der Waals surface area contributed by atoms with Crippen LogP contribution in [0.1, 0.15) is 48.4 Å². The van der Waals surface area contributed by atoms with Crippen molar-refractivity contribution in [2.45, 2.75) is 13.5 Å². The van der Waals surface area contributed by atoms with Gasteiger partial charge in [0.25, 0.3) is 11.8 Å². The van der Waals surface area contributed by atoms with Gasteiger partial charge in [0, 0.05) is 11.0 Å². The first kappa shape index (κ1) is 23.1. The average molecular weight is 479 g/mol. The number of nitrogens with zero attached hydrogens (tertiary/aromatic N) is 1. The SMILES string of the molecule is CCOC(=O)c1cc(CN2C(=O)c3ccccc3C2=O)sc1NC(=O)/C=C/c1cccc(F)c1. The predicted molar refractivity (Wildman–Crippen MR) is 125 cm³/mol. The smallest absolute Gasteiger partial charge is 0.341 e. The Kier molecular flexibility index (Phi) is 6.65. The number of ether oxygens (including phenoxy) is 1. The molecule has 0 saturated heterocycles. The van der Waals surface area contributed by atoms with E-state index in [0.717, 1.165) is 16.2 Å². The standard InChI is InChI=1S/C25H19FN2O5S/c1-2-33-25(32)20-13-17(14-28-23(30)18-8-3-4-9-19(18)24(28)31)34-22(20)27-21(29)11-10-15-6-5-7-16(26)12-15/h3-13H,2,14H2,1H3,(H,27,29)/b11-10+. The molecule has 1 aliphatic rings. The third-order valence-corrected chi connectivity index (χ3v) is 6.02. The summed E-state index contributed by atoms with van der Waals surface area (Å²) < 4.78 is 18.4. The first-order valence-corrected chi connectivity index (χ1v) is 11.2. The number of imide groups is 1. The number of hydrogen-bond donors (Lipinski definition) is 1. The van der Waals surface area contributed by atoms with Gasteiger partial charge in [0.1, 0.15) is 10.8 Å². The molecular formula is C25H19FN2O5S. The van der Waals surface area contributed by atoms with E-state index in [2.05, 4.69) is 5.32 Å². The van der Waals surface area contributed by atoms with Gasteiger partial charge >= 0.3 is 5.97 Å². The van der Waals surface area contributed by atoms with Gasteiger partial charge in [-0.3, -0.25) is 19.3 Å². The molecular weight excluding hydrogens is 459 g/mol. The summed E-state index contributed by atoms with van der Waals surface area (Å²) >= 11 is 1.06. The summed E-state index contributed by atoms with van der Waals surface area (Å²) in [6.45, 7) is 1.73. The molecule has 4 rings (SSSR count). The van der Waals surface area contributed by atoms with Gasteiger partial charge in [-0.05, 0) is 48.9 Å². The van der Waals surface area contributed by atoms with Crippen LogP contribution in [0.5, 0.6) is 0 Å². The number of rotatable bonds is 7. The van der Waals surface area contributed by atoms with E-state index in [-0.39, 0.29) is 23.7 Å². The molecule has 2 aromatic carbocycles. The van der Waals surface area contributed by atoms with Gasteiger partial charge in [-0.25, -0.2) is 9.18 Å². The number of thiophene rings is 1. The van der Waals surface area contributed by atoms with E-state index in [1.54, 1.807) is 37.3 Å². The summed E-state index contributed by atoms with van der Waals surface area (Å²) in [4.78, 5) is 51.9. The van der Waals surface area contributed by atoms with Crippen molar-refractivity contribution in [3.8, 4) is 0 Å². The zero-order valence-electron chi connectivity index (χ0n) is 18.0. The third kappa shape index (κ3) is 4.79. The van der Waals surface area contributed by atoms with Crippen molar-refractivity contribution in [3.05, 3.63) is 93.6 Å². The van der Waals surface area contributed by atoms with Crippen LogP contribution in [0.15, 0.2) is 60.7 Å². The molecule has 0 fully saturated rings. The van der Waals surface area contributed by atoms with E-state index >= 15 is 0 Å². The Balaban J connectivity index is 1.55. The van der Waals surface area contributed by atoms with E-state index < -0.39 is 29.5 Å². The maximum absolute atomic E-state index is 13.3. The van der Waals surface area contributed by atoms with Gasteiger partial charge in [-0.2, -0.15) is 0 Å². The normalized spacial score (nSPS) is 12.8. The average Bonchev–Trinajstić information content (AvgIpc) is 3.32. The van der Waals surface area contributed by atoms with Crippen molar-refractivity contribution in [2.75, 3.05) is 11.9 Å². The summed E-state index contributed by atoms with van der Waals surface area (Å²) in [7, 11) is 0. The van der Waals surface area contributed by atoms with Crippen LogP contribution in [0.4, 0.5) is 9.39 Å². The van der Waals surface area contributed by atoms with Gasteiger partial charge in [-0.1, -0.05) is 24.3 Å². The number of hydrogen-bond acceptors (Lipinski definition) is 6. The lowest BCUT2D eigenvalue weighted by Gasteiger charge is -2.12. The van der Waals surface area contributed by atoms with Crippen LogP contribution >= 0.6 is 11.3 Å². The number of esters is 1. The van der Waals surface area contributed by atoms with Gasteiger partial charge in [-0.15, -0.1) is 11.3 Å². The monoisotopic (exact) mass is 478 g/mol. The third-order valence-electron chi connectivity index (χ3n) is 4.98. The molecule has 0 spiro atoms. The summed E-state index contributed by atoms with van der Waals surface area (Å²) in [5.41, 5.74) is 1.26. The number of fused-ring (bicyclic) bond motifs is 1. The zero-order valence-corrected chi connectivity index (χ0v) is 18.9. The second-order valence-electron chi connectivity index (χ2n) is 7.30. The number of amides is 3. The largest absolute Gasteiger partial charge is 0.462 e. The fraction of sp³-hybridized carbons (Fsp3) is 0.120. The van der Waals surface area contributed by atoms with Crippen LogP contribution in [0, 0.1) is 5.82 Å². The molecule has 1 N–H and O–H groups in total. The summed E-state index contributed by atoms with van der Waals surface area (Å²) in [6.07, 6.45) is 2.66. The Morgan fingerprint density at radius 1 is 1.06 bits per heavy atom. The van der Waals surface area contributed by atoms with Gasteiger partial charge in [0.15, 0.2) is 0 Å². The second kappa shape index (κ2) is 9.80. The number of anilines is 1. The highest BCUT2D eigenvalue weighted by molar-refractivity contribution is 7.16. The minimum absolute atomic E-state index is 0.0571. The van der Waals surface area contributed by atoms with Crippen LogP contribution in [0.2, 0.25) is 0 Å². The highest BCUT2D eigenvalue weighted by Gasteiger charge is 2.35. The fourth-order valence-electron chi connectivity index (χ4n) is 3.45. The van der Waals surface area contributed by atoms with Crippen molar-refractivity contribution >= 4 is 46.1 Å². The number of halogens is 1. The molecule has 3 amide bonds. The Bertz CT molecular complexity index is 1300. The van der Waals surface area contributed by atoms with Crippen LogP contribution in [-0.4, -0.2) is 35.2 Å². The second-order valence-corrected chi connectivity index (χ2v) is 8.43. The highest BCUT2D eigenvalue weighted by Crippen LogP contribution is 2.32. The molecule has 2 heterocycles. The summed E-state index contributed by atoms with van der Waals surface area (Å²) in [6, 6.07) is 13.8. The maximum Gasteiger partial charge on any atom is 0.341 e. The van der Waals surface area contributed by atoms with Gasteiger partial charge in [0.2, 0.25) is 5.91 Å². The molecule has 172 valence electrons. The topological polar surface area (TPSA) is 92.8 Å². The lowest BCUT2D eigenvalue weighted by atomic mass is 10.1. The molecule has 3 aromatic rings. The molecule has 34 heavy (non-hydrogen) atoms. The lowest BCUT2D eigenvalue weighted by Crippen LogP contribution is -2.28. The van der Waals surface area contributed by atoms with Crippen LogP contribution in [-0.2, 0) is 16.1 Å². The molecule has 0 radical (unpaired) electrons. The van der Waals surface area contributed by atoms with Crippen molar-refractivity contribution in [2.24, 2.45) is 0 Å². The van der Waals surface area contributed by atoms with Crippen LogP contribution in [0.25, 0.3) is 6.08 Å². The predicted octanol–water partition coefficient (Wildman–Crippen LogP) is 4.51. The Hall–Kier alpha value is -4.11. The Morgan fingerprint density at radius 3 is 2.41 bits per heavy atom. The number of carbonyl (C=O) groups is 4. The highest BCUT2D eigenvalue weighted by atomic mass is 32.1. The van der Waals surface area contributed by atoms with Gasteiger partial charge < -0.3 is 10.1 Å². The molecule has 1 aliphatic heterocycles. The molecule has 7 nitrogen and oxygen atoms in total. The van der Waals surface area contributed by atoms with E-state index in [9.17, 15) is 23.6 Å².